The fourth-order valence-electron chi connectivity index (χ4n) is 2.03. The van der Waals surface area contributed by atoms with E-state index in [0.29, 0.717) is 6.54 Å². The van der Waals surface area contributed by atoms with Gasteiger partial charge in [-0.3, -0.25) is 4.79 Å². The van der Waals surface area contributed by atoms with Gasteiger partial charge in [0.25, 0.3) is 0 Å². The molecule has 0 aliphatic carbocycles. The van der Waals surface area contributed by atoms with Crippen LogP contribution in [0, 0.1) is 6.92 Å². The number of rotatable bonds is 6. The van der Waals surface area contributed by atoms with E-state index in [0.717, 1.165) is 23.5 Å². The van der Waals surface area contributed by atoms with Gasteiger partial charge in [0.2, 0.25) is 5.91 Å². The molecule has 0 unspecified atom stereocenters. The second kappa shape index (κ2) is 6.52. The first kappa shape index (κ1) is 13.8. The number of nitrogens with one attached hydrogen (secondary N) is 1. The predicted molar refractivity (Wildman–Crippen MR) is 77.1 cm³/mol. The van der Waals surface area contributed by atoms with Crippen LogP contribution in [-0.2, 0) is 11.3 Å². The Kier molecular flexibility index (Phi) is 4.74. The Hall–Kier alpha value is -1.62. The van der Waals surface area contributed by atoms with Crippen molar-refractivity contribution in [3.8, 4) is 0 Å². The Balaban J connectivity index is 1.96. The molecule has 102 valence electrons. The topological polar surface area (TPSA) is 46.9 Å². The summed E-state index contributed by atoms with van der Waals surface area (Å²) in [5.41, 5.74) is 0.929. The highest BCUT2D eigenvalue weighted by molar-refractivity contribution is 7.09. The van der Waals surface area contributed by atoms with E-state index in [1.165, 1.54) is 0 Å². The molecule has 4 nitrogen and oxygen atoms in total. The van der Waals surface area contributed by atoms with Crippen molar-refractivity contribution >= 4 is 17.2 Å². The number of nitrogens with zero attached hydrogens (tertiary/aromatic N) is 2. The lowest BCUT2D eigenvalue weighted by Crippen LogP contribution is -2.31. The van der Waals surface area contributed by atoms with Gasteiger partial charge in [-0.05, 0) is 25.5 Å². The highest BCUT2D eigenvalue weighted by atomic mass is 32.1. The van der Waals surface area contributed by atoms with E-state index in [1.807, 2.05) is 41.4 Å². The van der Waals surface area contributed by atoms with Crippen molar-refractivity contribution in [3.05, 3.63) is 40.6 Å². The molecular formula is C14H19N3OS. The molecule has 1 N–H and O–H groups in total. The lowest BCUT2D eigenvalue weighted by atomic mass is 10.1. The third-order valence-electron chi connectivity index (χ3n) is 2.96. The Bertz CT molecular complexity index is 519. The van der Waals surface area contributed by atoms with Gasteiger partial charge in [-0.1, -0.05) is 13.3 Å². The monoisotopic (exact) mass is 277 g/mol. The van der Waals surface area contributed by atoms with Crippen molar-refractivity contribution in [2.75, 3.05) is 0 Å². The maximum Gasteiger partial charge on any atom is 0.243 e. The standard InChI is InChI=1S/C14H19N3OS/c1-3-6-13(17-7-4-5-8-17)14(18)15-9-12-10-19-11(2)16-12/h4-5,7-8,10,13H,3,6,9H2,1-2H3,(H,15,18)/t13-/m1/s1. The second-order valence-electron chi connectivity index (χ2n) is 4.51. The van der Waals surface area contributed by atoms with Gasteiger partial charge in [0.05, 0.1) is 17.2 Å². The van der Waals surface area contributed by atoms with E-state index in [4.69, 9.17) is 0 Å². The van der Waals surface area contributed by atoms with Gasteiger partial charge in [-0.2, -0.15) is 0 Å². The summed E-state index contributed by atoms with van der Waals surface area (Å²) in [6.45, 7) is 4.56. The van der Waals surface area contributed by atoms with Crippen LogP contribution >= 0.6 is 11.3 Å². The number of amides is 1. The largest absolute Gasteiger partial charge is 0.349 e. The second-order valence-corrected chi connectivity index (χ2v) is 5.57. The molecule has 0 saturated carbocycles. The summed E-state index contributed by atoms with van der Waals surface area (Å²) in [6.07, 6.45) is 5.70. The molecule has 0 fully saturated rings. The predicted octanol–water partition coefficient (Wildman–Crippen LogP) is 2.91. The Morgan fingerprint density at radius 1 is 1.47 bits per heavy atom. The number of carbonyl (C=O) groups is 1. The summed E-state index contributed by atoms with van der Waals surface area (Å²) in [5, 5.41) is 5.98. The molecule has 1 amide bonds. The van der Waals surface area contributed by atoms with Crippen molar-refractivity contribution in [1.82, 2.24) is 14.9 Å². The summed E-state index contributed by atoms with van der Waals surface area (Å²) >= 11 is 1.60. The van der Waals surface area contributed by atoms with Gasteiger partial charge < -0.3 is 9.88 Å². The van der Waals surface area contributed by atoms with E-state index in [1.54, 1.807) is 11.3 Å². The fraction of sp³-hybridized carbons (Fsp3) is 0.429. The smallest absolute Gasteiger partial charge is 0.243 e. The Morgan fingerprint density at radius 3 is 2.79 bits per heavy atom. The first-order valence-corrected chi connectivity index (χ1v) is 7.40. The van der Waals surface area contributed by atoms with Crippen molar-refractivity contribution < 1.29 is 4.79 Å². The van der Waals surface area contributed by atoms with Crippen LogP contribution in [0.1, 0.15) is 36.5 Å². The van der Waals surface area contributed by atoms with E-state index < -0.39 is 0 Å². The van der Waals surface area contributed by atoms with Crippen LogP contribution in [0.5, 0.6) is 0 Å². The SMILES string of the molecule is CCC[C@H](C(=O)NCc1csc(C)n1)n1cccc1. The van der Waals surface area contributed by atoms with Gasteiger partial charge in [0.15, 0.2) is 0 Å². The van der Waals surface area contributed by atoms with E-state index in [9.17, 15) is 4.79 Å². The average molecular weight is 277 g/mol. The normalized spacial score (nSPS) is 12.3. The zero-order chi connectivity index (χ0) is 13.7. The summed E-state index contributed by atoms with van der Waals surface area (Å²) < 4.78 is 1.96. The highest BCUT2D eigenvalue weighted by Gasteiger charge is 2.18. The number of hydrogen-bond donors (Lipinski definition) is 1. The van der Waals surface area contributed by atoms with Gasteiger partial charge in [0, 0.05) is 17.8 Å². The first-order valence-electron chi connectivity index (χ1n) is 6.52. The van der Waals surface area contributed by atoms with Crippen LogP contribution < -0.4 is 5.32 Å². The van der Waals surface area contributed by atoms with Crippen molar-refractivity contribution in [2.45, 2.75) is 39.3 Å². The third kappa shape index (κ3) is 3.67. The third-order valence-corrected chi connectivity index (χ3v) is 3.78. The van der Waals surface area contributed by atoms with Crippen LogP contribution in [0.25, 0.3) is 0 Å². The molecule has 19 heavy (non-hydrogen) atoms. The number of carbonyl (C=O) groups excluding carboxylic acids is 1. The summed E-state index contributed by atoms with van der Waals surface area (Å²) in [4.78, 5) is 16.6. The molecule has 2 rings (SSSR count). The van der Waals surface area contributed by atoms with Gasteiger partial charge in [0.1, 0.15) is 6.04 Å². The zero-order valence-corrected chi connectivity index (χ0v) is 12.1. The molecule has 0 bridgehead atoms. The number of thiazole rings is 1. The zero-order valence-electron chi connectivity index (χ0n) is 11.3. The quantitative estimate of drug-likeness (QED) is 0.882. The maximum atomic E-state index is 12.3. The maximum absolute atomic E-state index is 12.3. The van der Waals surface area contributed by atoms with Gasteiger partial charge in [-0.25, -0.2) is 4.98 Å². The van der Waals surface area contributed by atoms with E-state index in [-0.39, 0.29) is 11.9 Å². The minimum Gasteiger partial charge on any atom is -0.349 e. The van der Waals surface area contributed by atoms with Crippen LogP contribution in [-0.4, -0.2) is 15.5 Å². The molecule has 5 heteroatoms. The average Bonchev–Trinajstić information content (AvgIpc) is 3.04. The van der Waals surface area contributed by atoms with Gasteiger partial charge in [-0.15, -0.1) is 11.3 Å². The van der Waals surface area contributed by atoms with Crippen LogP contribution in [0.3, 0.4) is 0 Å². The molecule has 0 aliphatic heterocycles. The molecule has 0 aromatic carbocycles. The minimum atomic E-state index is -0.125. The molecule has 2 aromatic rings. The summed E-state index contributed by atoms with van der Waals surface area (Å²) in [7, 11) is 0. The lowest BCUT2D eigenvalue weighted by Gasteiger charge is -2.17. The molecular weight excluding hydrogens is 258 g/mol. The molecule has 0 spiro atoms. The molecule has 2 heterocycles. The summed E-state index contributed by atoms with van der Waals surface area (Å²) in [6, 6.07) is 3.76. The van der Waals surface area contributed by atoms with Crippen molar-refractivity contribution in [1.29, 1.82) is 0 Å². The first-order chi connectivity index (χ1) is 9.20. The molecule has 1 atom stereocenters. The highest BCUT2D eigenvalue weighted by Crippen LogP contribution is 2.15. The van der Waals surface area contributed by atoms with E-state index >= 15 is 0 Å². The summed E-state index contributed by atoms with van der Waals surface area (Å²) in [5.74, 6) is 0.0590. The molecule has 0 radical (unpaired) electrons. The Labute approximate surface area is 117 Å². The number of hydrogen-bond acceptors (Lipinski definition) is 3. The fourth-order valence-corrected chi connectivity index (χ4v) is 2.64. The molecule has 0 saturated heterocycles. The van der Waals surface area contributed by atoms with Crippen LogP contribution in [0.2, 0.25) is 0 Å². The van der Waals surface area contributed by atoms with Crippen LogP contribution in [0.15, 0.2) is 29.9 Å². The molecule has 0 aliphatic rings. The Morgan fingerprint density at radius 2 is 2.21 bits per heavy atom. The van der Waals surface area contributed by atoms with E-state index in [2.05, 4.69) is 17.2 Å². The number of aryl methyl sites for hydroxylation is 1. The van der Waals surface area contributed by atoms with Gasteiger partial charge >= 0.3 is 0 Å². The van der Waals surface area contributed by atoms with Crippen LogP contribution in [0.4, 0.5) is 0 Å². The van der Waals surface area contributed by atoms with Crippen molar-refractivity contribution in [3.63, 3.8) is 0 Å². The molecule has 2 aromatic heterocycles. The van der Waals surface area contributed by atoms with Crippen molar-refractivity contribution in [2.24, 2.45) is 0 Å². The lowest BCUT2D eigenvalue weighted by molar-refractivity contribution is -0.124. The number of aromatic nitrogens is 2. The minimum absolute atomic E-state index is 0.0590.